The zero-order valence-corrected chi connectivity index (χ0v) is 16.9. The van der Waals surface area contributed by atoms with Crippen molar-refractivity contribution in [2.75, 3.05) is 18.5 Å². The highest BCUT2D eigenvalue weighted by atomic mass is 16.6. The second-order valence-electron chi connectivity index (χ2n) is 7.92. The Hall–Kier alpha value is -3.08. The third-order valence-electron chi connectivity index (χ3n) is 4.39. The van der Waals surface area contributed by atoms with E-state index in [0.29, 0.717) is 5.58 Å². The first kappa shape index (κ1) is 19.7. The molecule has 1 heterocycles. The fourth-order valence-corrected chi connectivity index (χ4v) is 3.15. The molecular formula is C23H25NO4. The minimum absolute atomic E-state index is 0.102. The molecule has 0 saturated heterocycles. The number of hydrogen-bond acceptors (Lipinski definition) is 5. The fraction of sp³-hybridized carbons (Fsp3) is 0.304. The molecule has 0 aliphatic rings. The van der Waals surface area contributed by atoms with Gasteiger partial charge in [-0.1, -0.05) is 24.3 Å². The van der Waals surface area contributed by atoms with Crippen molar-refractivity contribution in [2.45, 2.75) is 33.3 Å². The van der Waals surface area contributed by atoms with E-state index in [2.05, 4.69) is 0 Å². The second kappa shape index (κ2) is 7.50. The van der Waals surface area contributed by atoms with Gasteiger partial charge in [0.1, 0.15) is 17.7 Å². The topological polar surface area (TPSA) is 59.8 Å². The van der Waals surface area contributed by atoms with Gasteiger partial charge in [0, 0.05) is 35.8 Å². The second-order valence-corrected chi connectivity index (χ2v) is 7.92. The van der Waals surface area contributed by atoms with E-state index in [1.807, 2.05) is 64.1 Å². The molecule has 0 fully saturated rings. The highest BCUT2D eigenvalue weighted by molar-refractivity contribution is 5.95. The Kier molecular flexibility index (Phi) is 5.27. The maximum absolute atomic E-state index is 12.2. The van der Waals surface area contributed by atoms with E-state index in [9.17, 15) is 9.59 Å². The SMILES string of the molecule is Cc1ccccc1-c1cc(=O)oc2cc(N(C)CC(=O)OC(C)(C)C)ccc12. The molecule has 1 aromatic heterocycles. The van der Waals surface area contributed by atoms with E-state index in [4.69, 9.17) is 9.15 Å². The van der Waals surface area contributed by atoms with E-state index >= 15 is 0 Å². The maximum atomic E-state index is 12.2. The summed E-state index contributed by atoms with van der Waals surface area (Å²) in [6.45, 7) is 7.62. The highest BCUT2D eigenvalue weighted by Gasteiger charge is 2.18. The molecular weight excluding hydrogens is 354 g/mol. The number of benzene rings is 2. The number of anilines is 1. The number of ether oxygens (including phenoxy) is 1. The molecule has 0 N–H and O–H groups in total. The van der Waals surface area contributed by atoms with Gasteiger partial charge in [-0.2, -0.15) is 0 Å². The van der Waals surface area contributed by atoms with Gasteiger partial charge in [0.2, 0.25) is 0 Å². The Morgan fingerprint density at radius 2 is 1.79 bits per heavy atom. The predicted octanol–water partition coefficient (Wildman–Crippen LogP) is 4.55. The summed E-state index contributed by atoms with van der Waals surface area (Å²) in [5.74, 6) is -0.315. The third kappa shape index (κ3) is 4.42. The minimum atomic E-state index is -0.531. The summed E-state index contributed by atoms with van der Waals surface area (Å²) in [6.07, 6.45) is 0. The average Bonchev–Trinajstić information content (AvgIpc) is 2.59. The first-order valence-corrected chi connectivity index (χ1v) is 9.21. The number of hydrogen-bond donors (Lipinski definition) is 0. The number of carbonyl (C=O) groups is 1. The third-order valence-corrected chi connectivity index (χ3v) is 4.39. The van der Waals surface area contributed by atoms with E-state index in [0.717, 1.165) is 27.8 Å². The van der Waals surface area contributed by atoms with Crippen LogP contribution in [0, 0.1) is 6.92 Å². The summed E-state index contributed by atoms with van der Waals surface area (Å²) >= 11 is 0. The Bertz CT molecular complexity index is 1080. The van der Waals surface area contributed by atoms with Gasteiger partial charge in [0.05, 0.1) is 0 Å². The Labute approximate surface area is 164 Å². The molecule has 5 nitrogen and oxygen atoms in total. The van der Waals surface area contributed by atoms with Gasteiger partial charge >= 0.3 is 11.6 Å². The van der Waals surface area contributed by atoms with Gasteiger partial charge in [-0.25, -0.2) is 4.79 Å². The molecule has 0 spiro atoms. The Morgan fingerprint density at radius 1 is 1.07 bits per heavy atom. The molecule has 0 atom stereocenters. The van der Waals surface area contributed by atoms with Gasteiger partial charge in [0.25, 0.3) is 0 Å². The Balaban J connectivity index is 1.98. The van der Waals surface area contributed by atoms with Gasteiger partial charge in [-0.05, 0) is 51.0 Å². The molecule has 0 aliphatic carbocycles. The lowest BCUT2D eigenvalue weighted by molar-refractivity contribution is -0.152. The molecule has 0 bridgehead atoms. The van der Waals surface area contributed by atoms with Crippen LogP contribution in [0.25, 0.3) is 22.1 Å². The monoisotopic (exact) mass is 379 g/mol. The normalized spacial score (nSPS) is 11.5. The van der Waals surface area contributed by atoms with Crippen LogP contribution in [0.15, 0.2) is 57.7 Å². The van der Waals surface area contributed by atoms with Crippen LogP contribution in [0.1, 0.15) is 26.3 Å². The quantitative estimate of drug-likeness (QED) is 0.492. The summed E-state index contributed by atoms with van der Waals surface area (Å²) in [5.41, 5.74) is 3.23. The number of fused-ring (bicyclic) bond motifs is 1. The van der Waals surface area contributed by atoms with Crippen molar-refractivity contribution < 1.29 is 13.9 Å². The number of likely N-dealkylation sites (N-methyl/N-ethyl adjacent to an activating group) is 1. The molecule has 0 radical (unpaired) electrons. The molecule has 0 unspecified atom stereocenters. The lowest BCUT2D eigenvalue weighted by Crippen LogP contribution is -2.32. The van der Waals surface area contributed by atoms with E-state index in [1.54, 1.807) is 18.0 Å². The van der Waals surface area contributed by atoms with Gasteiger partial charge in [-0.3, -0.25) is 4.79 Å². The highest BCUT2D eigenvalue weighted by Crippen LogP contribution is 2.31. The van der Waals surface area contributed by atoms with Crippen molar-refractivity contribution in [2.24, 2.45) is 0 Å². The van der Waals surface area contributed by atoms with Crippen molar-refractivity contribution in [1.29, 1.82) is 0 Å². The van der Waals surface area contributed by atoms with Crippen molar-refractivity contribution in [3.63, 3.8) is 0 Å². The molecule has 0 aliphatic heterocycles. The van der Waals surface area contributed by atoms with Gasteiger partial charge < -0.3 is 14.1 Å². The van der Waals surface area contributed by atoms with Crippen molar-refractivity contribution >= 4 is 22.6 Å². The van der Waals surface area contributed by atoms with Crippen LogP contribution >= 0.6 is 0 Å². The lowest BCUT2D eigenvalue weighted by atomic mass is 9.98. The maximum Gasteiger partial charge on any atom is 0.336 e. The van der Waals surface area contributed by atoms with Gasteiger partial charge in [0.15, 0.2) is 0 Å². The molecule has 0 saturated carbocycles. The summed E-state index contributed by atoms with van der Waals surface area (Å²) < 4.78 is 10.8. The molecule has 3 rings (SSSR count). The number of esters is 1. The summed E-state index contributed by atoms with van der Waals surface area (Å²) in [6, 6.07) is 15.1. The number of aryl methyl sites for hydroxylation is 1. The van der Waals surface area contributed by atoms with Crippen LogP contribution in [-0.4, -0.2) is 25.2 Å². The Morgan fingerprint density at radius 3 is 2.46 bits per heavy atom. The summed E-state index contributed by atoms with van der Waals surface area (Å²) in [4.78, 5) is 26.0. The zero-order valence-electron chi connectivity index (χ0n) is 16.9. The molecule has 2 aromatic carbocycles. The van der Waals surface area contributed by atoms with Crippen LogP contribution in [-0.2, 0) is 9.53 Å². The van der Waals surface area contributed by atoms with Crippen LogP contribution in [0.5, 0.6) is 0 Å². The molecule has 5 heteroatoms. The molecule has 0 amide bonds. The molecule has 28 heavy (non-hydrogen) atoms. The minimum Gasteiger partial charge on any atom is -0.459 e. The standard InChI is InChI=1S/C23H25NO4/c1-15-8-6-7-9-17(15)19-13-21(25)27-20-12-16(10-11-18(19)20)24(5)14-22(26)28-23(2,3)4/h6-13H,14H2,1-5H3. The van der Waals surface area contributed by atoms with Gasteiger partial charge in [-0.15, -0.1) is 0 Å². The molecule has 146 valence electrons. The first-order chi connectivity index (χ1) is 13.1. The summed E-state index contributed by atoms with van der Waals surface area (Å²) in [5, 5.41) is 0.850. The van der Waals surface area contributed by atoms with Crippen LogP contribution in [0.4, 0.5) is 5.69 Å². The van der Waals surface area contributed by atoms with Crippen LogP contribution in [0.3, 0.4) is 0 Å². The fourth-order valence-electron chi connectivity index (χ4n) is 3.15. The van der Waals surface area contributed by atoms with E-state index in [1.165, 1.54) is 6.07 Å². The largest absolute Gasteiger partial charge is 0.459 e. The predicted molar refractivity (Wildman–Crippen MR) is 112 cm³/mol. The van der Waals surface area contributed by atoms with Crippen LogP contribution < -0.4 is 10.5 Å². The lowest BCUT2D eigenvalue weighted by Gasteiger charge is -2.23. The molecule has 3 aromatic rings. The van der Waals surface area contributed by atoms with Crippen molar-refractivity contribution in [1.82, 2.24) is 0 Å². The summed E-state index contributed by atoms with van der Waals surface area (Å²) in [7, 11) is 1.80. The number of nitrogens with zero attached hydrogens (tertiary/aromatic N) is 1. The number of rotatable bonds is 4. The first-order valence-electron chi connectivity index (χ1n) is 9.21. The van der Waals surface area contributed by atoms with E-state index in [-0.39, 0.29) is 12.5 Å². The van der Waals surface area contributed by atoms with E-state index < -0.39 is 11.2 Å². The zero-order chi connectivity index (χ0) is 20.5. The average molecular weight is 379 g/mol. The number of carbonyl (C=O) groups excluding carboxylic acids is 1. The van der Waals surface area contributed by atoms with Crippen molar-refractivity contribution in [3.05, 3.63) is 64.5 Å². The van der Waals surface area contributed by atoms with Crippen LogP contribution in [0.2, 0.25) is 0 Å². The van der Waals surface area contributed by atoms with Crippen molar-refractivity contribution in [3.8, 4) is 11.1 Å². The smallest absolute Gasteiger partial charge is 0.336 e.